The third-order valence-electron chi connectivity index (χ3n) is 2.85. The molecule has 1 heterocycles. The van der Waals surface area contributed by atoms with Gasteiger partial charge in [-0.2, -0.15) is 5.21 Å². The molecule has 0 aliphatic carbocycles. The minimum atomic E-state index is 0.353. The number of tetrazole rings is 1. The number of halogens is 2. The summed E-state index contributed by atoms with van der Waals surface area (Å²) in [7, 11) is 0. The molecule has 1 aromatic heterocycles. The van der Waals surface area contributed by atoms with E-state index >= 15 is 0 Å². The second kappa shape index (κ2) is 6.11. The maximum atomic E-state index is 6.11. The Balaban J connectivity index is 1.75. The van der Waals surface area contributed by atoms with E-state index in [0.29, 0.717) is 28.2 Å². The molecule has 5 nitrogen and oxygen atoms in total. The first-order valence-corrected chi connectivity index (χ1v) is 6.88. The first kappa shape index (κ1) is 13.9. The molecule has 21 heavy (non-hydrogen) atoms. The Hall–Kier alpha value is -2.11. The Morgan fingerprint density at radius 2 is 2.00 bits per heavy atom. The van der Waals surface area contributed by atoms with Crippen molar-refractivity contribution in [1.29, 1.82) is 0 Å². The maximum absolute atomic E-state index is 6.11. The van der Waals surface area contributed by atoms with Crippen LogP contribution >= 0.6 is 23.2 Å². The molecule has 2 aromatic carbocycles. The summed E-state index contributed by atoms with van der Waals surface area (Å²) in [5.74, 6) is 1.22. The van der Waals surface area contributed by atoms with Crippen LogP contribution in [0.25, 0.3) is 11.4 Å². The van der Waals surface area contributed by atoms with E-state index in [1.165, 1.54) is 0 Å². The molecular weight excluding hydrogens is 311 g/mol. The molecular formula is C14H10Cl2N4O. The second-order valence-electron chi connectivity index (χ2n) is 4.29. The Kier molecular flexibility index (Phi) is 4.03. The van der Waals surface area contributed by atoms with Crippen molar-refractivity contribution in [2.75, 3.05) is 0 Å². The fraction of sp³-hybridized carbons (Fsp3) is 0.0714. The summed E-state index contributed by atoms with van der Waals surface area (Å²) in [5.41, 5.74) is 1.69. The predicted octanol–water partition coefficient (Wildman–Crippen LogP) is 3.75. The number of hydrogen-bond donors (Lipinski definition) is 1. The van der Waals surface area contributed by atoms with Crippen LogP contribution in [0.4, 0.5) is 0 Å². The topological polar surface area (TPSA) is 63.7 Å². The smallest absolute Gasteiger partial charge is 0.204 e. The Morgan fingerprint density at radius 1 is 1.10 bits per heavy atom. The van der Waals surface area contributed by atoms with E-state index in [4.69, 9.17) is 27.9 Å². The van der Waals surface area contributed by atoms with Crippen molar-refractivity contribution in [2.45, 2.75) is 6.61 Å². The van der Waals surface area contributed by atoms with Crippen molar-refractivity contribution in [3.63, 3.8) is 0 Å². The highest BCUT2D eigenvalue weighted by atomic mass is 35.5. The van der Waals surface area contributed by atoms with E-state index in [1.54, 1.807) is 12.1 Å². The molecule has 0 radical (unpaired) electrons. The van der Waals surface area contributed by atoms with Crippen LogP contribution in [0, 0.1) is 0 Å². The Labute approximate surface area is 130 Å². The Bertz CT molecular complexity index is 746. The molecule has 3 aromatic rings. The van der Waals surface area contributed by atoms with Gasteiger partial charge >= 0.3 is 0 Å². The summed E-state index contributed by atoms with van der Waals surface area (Å²) in [5, 5.41) is 15.0. The van der Waals surface area contributed by atoms with Gasteiger partial charge in [-0.1, -0.05) is 41.4 Å². The number of H-pyrrole nitrogens is 1. The zero-order valence-electron chi connectivity index (χ0n) is 10.8. The average Bonchev–Trinajstić information content (AvgIpc) is 3.01. The molecule has 0 bridgehead atoms. The van der Waals surface area contributed by atoms with E-state index in [1.807, 2.05) is 30.3 Å². The van der Waals surface area contributed by atoms with Crippen LogP contribution in [-0.4, -0.2) is 20.6 Å². The van der Waals surface area contributed by atoms with E-state index in [9.17, 15) is 0 Å². The van der Waals surface area contributed by atoms with Crippen LogP contribution in [0.2, 0.25) is 10.0 Å². The van der Waals surface area contributed by atoms with E-state index in [-0.39, 0.29) is 0 Å². The minimum Gasteiger partial charge on any atom is -0.489 e. The third-order valence-corrected chi connectivity index (χ3v) is 3.43. The lowest BCUT2D eigenvalue weighted by atomic mass is 10.2. The lowest BCUT2D eigenvalue weighted by Gasteiger charge is -2.08. The highest BCUT2D eigenvalue weighted by molar-refractivity contribution is 6.35. The van der Waals surface area contributed by atoms with Gasteiger partial charge in [0.25, 0.3) is 0 Å². The fourth-order valence-corrected chi connectivity index (χ4v) is 2.27. The van der Waals surface area contributed by atoms with Gasteiger partial charge in [-0.15, -0.1) is 10.2 Å². The van der Waals surface area contributed by atoms with Gasteiger partial charge < -0.3 is 4.74 Å². The van der Waals surface area contributed by atoms with Crippen LogP contribution in [0.5, 0.6) is 5.75 Å². The molecule has 7 heteroatoms. The van der Waals surface area contributed by atoms with Crippen LogP contribution in [0.3, 0.4) is 0 Å². The SMILES string of the molecule is Clc1ccc(COc2cccc(-c3nn[nH]n3)c2)c(Cl)c1. The molecule has 0 aliphatic heterocycles. The second-order valence-corrected chi connectivity index (χ2v) is 5.13. The molecule has 106 valence electrons. The average molecular weight is 321 g/mol. The van der Waals surface area contributed by atoms with Gasteiger partial charge in [-0.3, -0.25) is 0 Å². The summed E-state index contributed by atoms with van der Waals surface area (Å²) < 4.78 is 5.74. The number of aromatic nitrogens is 4. The highest BCUT2D eigenvalue weighted by Gasteiger charge is 2.06. The fourth-order valence-electron chi connectivity index (χ4n) is 1.81. The summed E-state index contributed by atoms with van der Waals surface area (Å²) in [4.78, 5) is 0. The number of rotatable bonds is 4. The molecule has 1 N–H and O–H groups in total. The maximum Gasteiger partial charge on any atom is 0.204 e. The molecule has 0 atom stereocenters. The number of aromatic amines is 1. The number of ether oxygens (including phenoxy) is 1. The summed E-state index contributed by atoms with van der Waals surface area (Å²) in [6.07, 6.45) is 0. The summed E-state index contributed by atoms with van der Waals surface area (Å²) >= 11 is 12.0. The van der Waals surface area contributed by atoms with Gasteiger partial charge in [0.05, 0.1) is 0 Å². The zero-order valence-corrected chi connectivity index (χ0v) is 12.3. The van der Waals surface area contributed by atoms with Crippen LogP contribution in [0.15, 0.2) is 42.5 Å². The summed E-state index contributed by atoms with van der Waals surface area (Å²) in [6, 6.07) is 12.8. The number of nitrogens with zero attached hydrogens (tertiary/aromatic N) is 3. The van der Waals surface area contributed by atoms with Gasteiger partial charge in [-0.25, -0.2) is 0 Å². The monoisotopic (exact) mass is 320 g/mol. The number of nitrogens with one attached hydrogen (secondary N) is 1. The van der Waals surface area contributed by atoms with E-state index in [0.717, 1.165) is 11.1 Å². The van der Waals surface area contributed by atoms with Crippen LogP contribution in [0.1, 0.15) is 5.56 Å². The highest BCUT2D eigenvalue weighted by Crippen LogP contribution is 2.24. The molecule has 0 spiro atoms. The van der Waals surface area contributed by atoms with Gasteiger partial charge in [0.1, 0.15) is 12.4 Å². The summed E-state index contributed by atoms with van der Waals surface area (Å²) in [6.45, 7) is 0.353. The largest absolute Gasteiger partial charge is 0.489 e. The molecule has 0 saturated heterocycles. The lowest BCUT2D eigenvalue weighted by molar-refractivity contribution is 0.306. The third kappa shape index (κ3) is 3.32. The number of hydrogen-bond acceptors (Lipinski definition) is 4. The standard InChI is InChI=1S/C14H10Cl2N4O/c15-11-5-4-10(13(16)7-11)8-21-12-3-1-2-9(6-12)14-17-19-20-18-14/h1-7H,8H2,(H,17,18,19,20). The minimum absolute atomic E-state index is 0.353. The van der Waals surface area contributed by atoms with Crippen molar-refractivity contribution in [3.8, 4) is 17.1 Å². The van der Waals surface area contributed by atoms with Gasteiger partial charge in [0.15, 0.2) is 0 Å². The molecule has 0 fully saturated rings. The predicted molar refractivity (Wildman–Crippen MR) is 80.4 cm³/mol. The molecule has 3 rings (SSSR count). The number of benzene rings is 2. The molecule has 0 aliphatic rings. The van der Waals surface area contributed by atoms with Crippen molar-refractivity contribution in [1.82, 2.24) is 20.6 Å². The first-order chi connectivity index (χ1) is 10.2. The Morgan fingerprint density at radius 3 is 2.76 bits per heavy atom. The van der Waals surface area contributed by atoms with E-state index in [2.05, 4.69) is 20.6 Å². The molecule has 0 amide bonds. The van der Waals surface area contributed by atoms with Crippen molar-refractivity contribution >= 4 is 23.2 Å². The van der Waals surface area contributed by atoms with E-state index < -0.39 is 0 Å². The van der Waals surface area contributed by atoms with Gasteiger partial charge in [-0.05, 0) is 29.5 Å². The quantitative estimate of drug-likeness (QED) is 0.795. The van der Waals surface area contributed by atoms with Gasteiger partial charge in [0, 0.05) is 21.2 Å². The van der Waals surface area contributed by atoms with Crippen LogP contribution in [-0.2, 0) is 6.61 Å². The van der Waals surface area contributed by atoms with Gasteiger partial charge in [0.2, 0.25) is 5.82 Å². The lowest BCUT2D eigenvalue weighted by Crippen LogP contribution is -1.96. The van der Waals surface area contributed by atoms with Crippen LogP contribution < -0.4 is 4.74 Å². The van der Waals surface area contributed by atoms with Crippen molar-refractivity contribution in [3.05, 3.63) is 58.1 Å². The molecule has 0 unspecified atom stereocenters. The molecule has 0 saturated carbocycles. The van der Waals surface area contributed by atoms with Crippen molar-refractivity contribution < 1.29 is 4.74 Å². The normalized spacial score (nSPS) is 10.6. The van der Waals surface area contributed by atoms with Crippen molar-refractivity contribution in [2.24, 2.45) is 0 Å². The zero-order chi connectivity index (χ0) is 14.7. The first-order valence-electron chi connectivity index (χ1n) is 6.13.